The van der Waals surface area contributed by atoms with E-state index in [2.05, 4.69) is 25.3 Å². The van der Waals surface area contributed by atoms with E-state index in [0.29, 0.717) is 31.9 Å². The average Bonchev–Trinajstić information content (AvgIpc) is 3.67. The second kappa shape index (κ2) is 22.3. The fourth-order valence-corrected chi connectivity index (χ4v) is 6.92. The molecule has 4 aromatic heterocycles. The van der Waals surface area contributed by atoms with E-state index in [1.165, 1.54) is 0 Å². The fraction of sp³-hybridized carbons (Fsp3) is 0.154. The predicted octanol–water partition coefficient (Wildman–Crippen LogP) is 8.76. The average molecular weight is 850 g/mol. The van der Waals surface area contributed by atoms with Gasteiger partial charge in [-0.25, -0.2) is 19.7 Å². The van der Waals surface area contributed by atoms with Crippen LogP contribution in [-0.2, 0) is 27.1 Å². The van der Waals surface area contributed by atoms with Crippen LogP contribution in [0.3, 0.4) is 0 Å². The Labute approximate surface area is 372 Å². The van der Waals surface area contributed by atoms with Crippen molar-refractivity contribution >= 4 is 23.3 Å². The number of nitrogens with one attached hydrogen (secondary N) is 1. The maximum atomic E-state index is 13.2. The maximum absolute atomic E-state index is 13.2. The Balaban J connectivity index is 0.000000152. The second-order valence-corrected chi connectivity index (χ2v) is 14.5. The minimum Gasteiger partial charge on any atom is -0.382 e. The summed E-state index contributed by atoms with van der Waals surface area (Å²) in [6.07, 6.45) is 10.5. The molecule has 9 rings (SSSR count). The van der Waals surface area contributed by atoms with E-state index in [1.54, 1.807) is 35.6 Å². The number of benzene rings is 4. The zero-order chi connectivity index (χ0) is 44.5. The van der Waals surface area contributed by atoms with Gasteiger partial charge in [-0.15, -0.1) is 0 Å². The van der Waals surface area contributed by atoms with Gasteiger partial charge < -0.3 is 15.2 Å². The number of pyridine rings is 2. The van der Waals surface area contributed by atoms with Crippen molar-refractivity contribution in [1.29, 1.82) is 0 Å². The minimum atomic E-state index is -0.747. The van der Waals surface area contributed by atoms with E-state index >= 15 is 0 Å². The number of rotatable bonds is 13. The Hall–Kier alpha value is -7.80. The largest absolute Gasteiger partial charge is 0.382 e. The van der Waals surface area contributed by atoms with Crippen LogP contribution in [-0.4, -0.2) is 62.2 Å². The maximum Gasteiger partial charge on any atom is 0.359 e. The van der Waals surface area contributed by atoms with Crippen LogP contribution in [0.15, 0.2) is 183 Å². The molecule has 0 spiro atoms. The molecule has 1 unspecified atom stereocenters. The van der Waals surface area contributed by atoms with Gasteiger partial charge in [0.1, 0.15) is 23.4 Å². The Morgan fingerprint density at radius 2 is 1.11 bits per heavy atom. The number of nitrogens with two attached hydrogens (primary N) is 1. The van der Waals surface area contributed by atoms with Crippen LogP contribution in [0.2, 0.25) is 0 Å². The highest BCUT2D eigenvalue weighted by Gasteiger charge is 2.41. The predicted molar refractivity (Wildman–Crippen MR) is 249 cm³/mol. The molecule has 1 atom stereocenters. The minimum absolute atomic E-state index is 0.0218. The van der Waals surface area contributed by atoms with Crippen molar-refractivity contribution in [3.63, 3.8) is 0 Å². The van der Waals surface area contributed by atoms with Crippen LogP contribution in [0.1, 0.15) is 29.8 Å². The lowest BCUT2D eigenvalue weighted by Gasteiger charge is -2.15. The summed E-state index contributed by atoms with van der Waals surface area (Å²) in [7, 11) is 0. The van der Waals surface area contributed by atoms with Crippen molar-refractivity contribution < 1.29 is 23.6 Å². The van der Waals surface area contributed by atoms with Crippen molar-refractivity contribution in [2.24, 2.45) is 0 Å². The topological polar surface area (TPSA) is 159 Å². The molecule has 1 aliphatic heterocycles. The number of anilines is 2. The summed E-state index contributed by atoms with van der Waals surface area (Å²) in [6.45, 7) is 4.61. The van der Waals surface area contributed by atoms with Crippen molar-refractivity contribution in [2.45, 2.75) is 39.0 Å². The number of nitrogens with zero attached hydrogens (tertiary/aromatic N) is 6. The van der Waals surface area contributed by atoms with Gasteiger partial charge in [0.05, 0.1) is 11.9 Å². The number of Topliss-reactive ketones (excluding diaryl/α,β-unsaturated/α-hetero) is 1. The molecule has 3 N–H and O–H groups in total. The number of carbonyl (C=O) groups is 2. The quantitative estimate of drug-likeness (QED) is 0.0844. The van der Waals surface area contributed by atoms with Crippen LogP contribution in [0.5, 0.6) is 0 Å². The van der Waals surface area contributed by atoms with Crippen molar-refractivity contribution in [3.05, 3.63) is 194 Å². The molecule has 0 amide bonds. The summed E-state index contributed by atoms with van der Waals surface area (Å²) < 4.78 is 12.2. The number of hydrogen-bond acceptors (Lipinski definition) is 11. The first-order chi connectivity index (χ1) is 31.4. The van der Waals surface area contributed by atoms with Gasteiger partial charge in [0, 0.05) is 73.1 Å². The van der Waals surface area contributed by atoms with Crippen molar-refractivity contribution in [1.82, 2.24) is 24.9 Å². The summed E-state index contributed by atoms with van der Waals surface area (Å²) >= 11 is 0. The van der Waals surface area contributed by atoms with Gasteiger partial charge in [-0.2, -0.15) is 4.57 Å². The summed E-state index contributed by atoms with van der Waals surface area (Å²) in [6, 6.07) is 46.9. The molecule has 64 heavy (non-hydrogen) atoms. The highest BCUT2D eigenvalue weighted by molar-refractivity contribution is 5.87. The van der Waals surface area contributed by atoms with Crippen LogP contribution in [0, 0.1) is 0 Å². The van der Waals surface area contributed by atoms with Gasteiger partial charge in [0.2, 0.25) is 6.29 Å². The third kappa shape index (κ3) is 11.6. The molecule has 1 aliphatic rings. The van der Waals surface area contributed by atoms with E-state index < -0.39 is 6.29 Å². The van der Waals surface area contributed by atoms with E-state index in [0.717, 1.165) is 62.0 Å². The highest BCUT2D eigenvalue weighted by atomic mass is 16.7. The fourth-order valence-electron chi connectivity index (χ4n) is 6.92. The Morgan fingerprint density at radius 3 is 1.64 bits per heavy atom. The van der Waals surface area contributed by atoms with Gasteiger partial charge in [-0.1, -0.05) is 121 Å². The molecule has 4 aromatic carbocycles. The standard InChI is InChI=1S/C24H18N4O.C16H13N3.C12H17NO3/c29-24-20(15-17-11-13-25-14-12-17)27-23-22(19-9-5-2-6-10-19)26-21(16-28(23)24)18-7-3-1-4-8-18;17-16-15(13-9-5-2-6-10-13)19-14(11-18-16)12-7-3-1-4-8-12;1-3-15-12(16-4-2)11(14)9-10-5-7-13-8-6-10/h1-14,16,20H,15H2;1-11H,(H2,17,18);5-8,12H,3-4,9H2,1-2H3/p+1. The second-order valence-electron chi connectivity index (χ2n) is 14.5. The number of carbonyl (C=O) groups excluding carboxylic acids is 2. The number of fused-ring (bicyclic) bond motifs is 1. The van der Waals surface area contributed by atoms with E-state index in [4.69, 9.17) is 20.2 Å². The lowest BCUT2D eigenvalue weighted by Crippen LogP contribution is -2.43. The molecule has 5 heterocycles. The normalized spacial score (nSPS) is 12.5. The van der Waals surface area contributed by atoms with E-state index in [1.807, 2.05) is 166 Å². The molecule has 12 nitrogen and oxygen atoms in total. The number of aromatic nitrogens is 6. The summed E-state index contributed by atoms with van der Waals surface area (Å²) in [5, 5.41) is 3.41. The summed E-state index contributed by atoms with van der Waals surface area (Å²) in [5.74, 6) is 1.15. The molecule has 0 aliphatic carbocycles. The molecule has 320 valence electrons. The van der Waals surface area contributed by atoms with Crippen LogP contribution in [0.25, 0.3) is 45.0 Å². The smallest absolute Gasteiger partial charge is 0.359 e. The van der Waals surface area contributed by atoms with Crippen LogP contribution in [0.4, 0.5) is 11.6 Å². The number of hydrogen-bond donors (Lipinski definition) is 2. The zero-order valence-corrected chi connectivity index (χ0v) is 35.7. The Kier molecular flexibility index (Phi) is 15.4. The van der Waals surface area contributed by atoms with Gasteiger partial charge in [-0.05, 0) is 49.2 Å². The monoisotopic (exact) mass is 849 g/mol. The third-order valence-corrected chi connectivity index (χ3v) is 10.0. The molecular weight excluding hydrogens is 801 g/mol. The van der Waals surface area contributed by atoms with Crippen LogP contribution >= 0.6 is 0 Å². The summed E-state index contributed by atoms with van der Waals surface area (Å²) in [5.41, 5.74) is 15.0. The van der Waals surface area contributed by atoms with Crippen molar-refractivity contribution in [2.75, 3.05) is 24.3 Å². The Bertz CT molecular complexity index is 2710. The third-order valence-electron chi connectivity index (χ3n) is 10.0. The van der Waals surface area contributed by atoms with Gasteiger partial charge in [-0.3, -0.25) is 20.1 Å². The van der Waals surface area contributed by atoms with Gasteiger partial charge in [0.15, 0.2) is 17.5 Å². The lowest BCUT2D eigenvalue weighted by atomic mass is 10.1. The molecule has 0 radical (unpaired) electrons. The van der Waals surface area contributed by atoms with Gasteiger partial charge >= 0.3 is 11.7 Å². The first kappa shape index (κ1) is 44.3. The number of ketones is 1. The molecule has 8 aromatic rings. The molecular formula is C52H49N8O4+. The van der Waals surface area contributed by atoms with Crippen LogP contribution < -0.4 is 15.6 Å². The molecule has 12 heteroatoms. The lowest BCUT2D eigenvalue weighted by molar-refractivity contribution is -0.551. The van der Waals surface area contributed by atoms with Gasteiger partial charge in [0.25, 0.3) is 0 Å². The SMILES string of the molecule is CCOC(OCC)C(=O)Cc1ccncc1.Nc1ncc(-c2ccccc2)nc1-c1ccccc1.O=C1C(Cc2ccncc2)Nc2c(-c3ccccc3)nc(-c3ccccc3)c[n+]21. The first-order valence-electron chi connectivity index (χ1n) is 21.1. The zero-order valence-electron chi connectivity index (χ0n) is 35.7. The molecule has 0 saturated carbocycles. The highest BCUT2D eigenvalue weighted by Crippen LogP contribution is 2.30. The molecule has 0 saturated heterocycles. The number of ether oxygens (including phenoxy) is 2. The molecule has 0 bridgehead atoms. The van der Waals surface area contributed by atoms with Crippen molar-refractivity contribution in [3.8, 4) is 45.0 Å². The van der Waals surface area contributed by atoms with E-state index in [9.17, 15) is 9.59 Å². The molecule has 0 fully saturated rings. The number of nitrogen functional groups attached to an aromatic ring is 1. The van der Waals surface area contributed by atoms with E-state index in [-0.39, 0.29) is 17.7 Å². The Morgan fingerprint density at radius 1 is 0.641 bits per heavy atom. The first-order valence-corrected chi connectivity index (χ1v) is 21.1. The summed E-state index contributed by atoms with van der Waals surface area (Å²) in [4.78, 5) is 46.8.